The van der Waals surface area contributed by atoms with Crippen molar-refractivity contribution in [2.75, 3.05) is 0 Å². The van der Waals surface area contributed by atoms with Crippen LogP contribution < -0.4 is 0 Å². The topological polar surface area (TPSA) is 83.0 Å². The van der Waals surface area contributed by atoms with Crippen molar-refractivity contribution >= 4 is 17.6 Å². The quantitative estimate of drug-likeness (QED) is 0.471. The fraction of sp³-hybridized carbons (Fsp3) is 0.100. The lowest BCUT2D eigenvalue weighted by molar-refractivity contribution is 0.0430. The number of halogens is 1. The van der Waals surface area contributed by atoms with Gasteiger partial charge >= 0.3 is 5.97 Å². The van der Waals surface area contributed by atoms with Gasteiger partial charge in [0.25, 0.3) is 5.89 Å². The maximum atomic E-state index is 12.3. The van der Waals surface area contributed by atoms with Crippen molar-refractivity contribution in [2.45, 2.75) is 13.5 Å². The summed E-state index contributed by atoms with van der Waals surface area (Å²) in [5, 5.41) is 8.62. The molecule has 4 aromatic rings. The molecule has 0 amide bonds. The number of ether oxygens (including phenoxy) is 1. The third-order valence-corrected chi connectivity index (χ3v) is 4.42. The van der Waals surface area contributed by atoms with E-state index in [9.17, 15) is 4.79 Å². The van der Waals surface area contributed by atoms with Crippen LogP contribution in [0.2, 0.25) is 5.02 Å². The Bertz CT molecular complexity index is 1120. The van der Waals surface area contributed by atoms with Crippen LogP contribution in [0.25, 0.3) is 17.1 Å². The number of carbonyl (C=O) groups excluding carboxylic acids is 1. The zero-order valence-electron chi connectivity index (χ0n) is 14.9. The number of hydrogen-bond acceptors (Lipinski definition) is 6. The van der Waals surface area contributed by atoms with E-state index in [1.54, 1.807) is 47.3 Å². The van der Waals surface area contributed by atoms with Crippen LogP contribution in [0.1, 0.15) is 21.9 Å². The Balaban J connectivity index is 1.41. The molecule has 0 unspecified atom stereocenters. The number of rotatable bonds is 5. The molecule has 0 aliphatic rings. The number of nitrogens with zero attached hydrogens (tertiary/aromatic N) is 4. The minimum atomic E-state index is -0.485. The van der Waals surface area contributed by atoms with Crippen LogP contribution in [0.15, 0.2) is 65.3 Å². The highest BCUT2D eigenvalue weighted by Gasteiger charge is 2.14. The van der Waals surface area contributed by atoms with E-state index in [4.69, 9.17) is 20.9 Å². The van der Waals surface area contributed by atoms with E-state index < -0.39 is 5.97 Å². The molecule has 7 nitrogen and oxygen atoms in total. The van der Waals surface area contributed by atoms with Gasteiger partial charge in [-0.2, -0.15) is 10.1 Å². The Morgan fingerprint density at radius 3 is 2.64 bits per heavy atom. The number of hydrogen-bond donors (Lipinski definition) is 0. The van der Waals surface area contributed by atoms with Crippen molar-refractivity contribution in [1.29, 1.82) is 0 Å². The van der Waals surface area contributed by atoms with E-state index in [2.05, 4.69) is 15.2 Å². The number of benzene rings is 2. The molecular formula is C20H15ClN4O3. The highest BCUT2D eigenvalue weighted by Crippen LogP contribution is 2.25. The molecule has 0 atom stereocenters. The Kier molecular flexibility index (Phi) is 4.90. The highest BCUT2D eigenvalue weighted by atomic mass is 35.5. The Hall–Kier alpha value is -3.45. The summed E-state index contributed by atoms with van der Waals surface area (Å²) in [7, 11) is 0. The van der Waals surface area contributed by atoms with E-state index in [0.717, 1.165) is 11.4 Å². The minimum Gasteiger partial charge on any atom is -0.452 e. The van der Waals surface area contributed by atoms with Gasteiger partial charge in [0.1, 0.15) is 0 Å². The second-order valence-electron chi connectivity index (χ2n) is 6.00. The van der Waals surface area contributed by atoms with E-state index in [1.165, 1.54) is 0 Å². The van der Waals surface area contributed by atoms with Gasteiger partial charge in [0.05, 0.1) is 16.3 Å². The van der Waals surface area contributed by atoms with Crippen LogP contribution in [0.3, 0.4) is 0 Å². The van der Waals surface area contributed by atoms with Gasteiger partial charge in [-0.3, -0.25) is 0 Å². The molecule has 140 valence electrons. The smallest absolute Gasteiger partial charge is 0.338 e. The van der Waals surface area contributed by atoms with Crippen LogP contribution >= 0.6 is 11.6 Å². The van der Waals surface area contributed by atoms with Crippen LogP contribution in [-0.2, 0) is 11.3 Å². The molecule has 8 heteroatoms. The third-order valence-electron chi connectivity index (χ3n) is 4.09. The van der Waals surface area contributed by atoms with Gasteiger partial charge in [0.15, 0.2) is 6.61 Å². The standard InChI is InChI=1S/C20H15ClN4O3/c1-13-10-11-22-25(13)15-8-6-14(7-9-15)20(26)27-12-18-23-19(24-28-18)16-4-2-3-5-17(16)21/h2-11H,12H2,1H3. The maximum Gasteiger partial charge on any atom is 0.338 e. The first-order valence-electron chi connectivity index (χ1n) is 8.47. The average Bonchev–Trinajstić information content (AvgIpc) is 3.36. The second-order valence-corrected chi connectivity index (χ2v) is 6.41. The molecule has 0 spiro atoms. The Morgan fingerprint density at radius 1 is 1.14 bits per heavy atom. The predicted octanol–water partition coefficient (Wildman–Crippen LogP) is 4.24. The molecule has 0 aliphatic carbocycles. The molecule has 28 heavy (non-hydrogen) atoms. The van der Waals surface area contributed by atoms with Gasteiger partial charge in [-0.05, 0) is 49.4 Å². The molecule has 2 heterocycles. The average molecular weight is 395 g/mol. The fourth-order valence-electron chi connectivity index (χ4n) is 2.65. The lowest BCUT2D eigenvalue weighted by Gasteiger charge is -2.06. The van der Waals surface area contributed by atoms with E-state index >= 15 is 0 Å². The monoisotopic (exact) mass is 394 g/mol. The number of aryl methyl sites for hydroxylation is 1. The summed E-state index contributed by atoms with van der Waals surface area (Å²) >= 11 is 6.12. The van der Waals surface area contributed by atoms with Crippen LogP contribution in [0.5, 0.6) is 0 Å². The zero-order valence-corrected chi connectivity index (χ0v) is 15.6. The van der Waals surface area contributed by atoms with Gasteiger partial charge in [0, 0.05) is 17.5 Å². The van der Waals surface area contributed by atoms with Crippen molar-refractivity contribution in [3.63, 3.8) is 0 Å². The maximum absolute atomic E-state index is 12.3. The van der Waals surface area contributed by atoms with Gasteiger partial charge < -0.3 is 9.26 Å². The zero-order chi connectivity index (χ0) is 19.5. The molecule has 2 aromatic heterocycles. The Labute approximate surface area is 165 Å². The number of aromatic nitrogens is 4. The minimum absolute atomic E-state index is 0.129. The predicted molar refractivity (Wildman–Crippen MR) is 102 cm³/mol. The summed E-state index contributed by atoms with van der Waals surface area (Å²) in [6, 6.07) is 16.0. The fourth-order valence-corrected chi connectivity index (χ4v) is 2.87. The first-order valence-corrected chi connectivity index (χ1v) is 8.85. The molecule has 4 rings (SSSR count). The first-order chi connectivity index (χ1) is 13.6. The van der Waals surface area contributed by atoms with Crippen LogP contribution in [0.4, 0.5) is 0 Å². The van der Waals surface area contributed by atoms with Crippen molar-refractivity contribution in [3.8, 4) is 17.1 Å². The van der Waals surface area contributed by atoms with Gasteiger partial charge in [-0.15, -0.1) is 0 Å². The molecule has 0 saturated heterocycles. The molecule has 0 aliphatic heterocycles. The Morgan fingerprint density at radius 2 is 1.93 bits per heavy atom. The van der Waals surface area contributed by atoms with Gasteiger partial charge in [0.2, 0.25) is 5.82 Å². The van der Waals surface area contributed by atoms with Crippen molar-refractivity contribution < 1.29 is 14.1 Å². The van der Waals surface area contributed by atoms with Crippen molar-refractivity contribution in [2.24, 2.45) is 0 Å². The van der Waals surface area contributed by atoms with E-state index in [0.29, 0.717) is 22.0 Å². The van der Waals surface area contributed by atoms with E-state index in [-0.39, 0.29) is 12.5 Å². The van der Waals surface area contributed by atoms with Crippen molar-refractivity contribution in [3.05, 3.63) is 83.0 Å². The summed E-state index contributed by atoms with van der Waals surface area (Å²) in [5.41, 5.74) is 2.93. The van der Waals surface area contributed by atoms with Crippen LogP contribution in [0, 0.1) is 6.92 Å². The summed E-state index contributed by atoms with van der Waals surface area (Å²) in [6.45, 7) is 1.83. The lowest BCUT2D eigenvalue weighted by atomic mass is 10.2. The molecule has 0 saturated carbocycles. The molecule has 2 aromatic carbocycles. The first kappa shape index (κ1) is 17.9. The van der Waals surface area contributed by atoms with Gasteiger partial charge in [-0.1, -0.05) is 28.9 Å². The number of esters is 1. The molecular weight excluding hydrogens is 380 g/mol. The molecule has 0 N–H and O–H groups in total. The normalized spacial score (nSPS) is 10.8. The van der Waals surface area contributed by atoms with Crippen LogP contribution in [-0.4, -0.2) is 25.9 Å². The SMILES string of the molecule is Cc1ccnn1-c1ccc(C(=O)OCc2nc(-c3ccccc3Cl)no2)cc1. The van der Waals surface area contributed by atoms with Crippen molar-refractivity contribution in [1.82, 2.24) is 19.9 Å². The highest BCUT2D eigenvalue weighted by molar-refractivity contribution is 6.33. The lowest BCUT2D eigenvalue weighted by Crippen LogP contribution is -2.06. The largest absolute Gasteiger partial charge is 0.452 e. The summed E-state index contributed by atoms with van der Waals surface area (Å²) in [5.74, 6) is 0.0453. The molecule has 0 radical (unpaired) electrons. The third kappa shape index (κ3) is 3.65. The molecule has 0 bridgehead atoms. The van der Waals surface area contributed by atoms with E-state index in [1.807, 2.05) is 25.1 Å². The molecule has 0 fully saturated rings. The summed E-state index contributed by atoms with van der Waals surface area (Å²) in [6.07, 6.45) is 1.72. The number of carbonyl (C=O) groups is 1. The summed E-state index contributed by atoms with van der Waals surface area (Å²) in [4.78, 5) is 16.5. The second kappa shape index (κ2) is 7.66. The summed E-state index contributed by atoms with van der Waals surface area (Å²) < 4.78 is 12.2. The van der Waals surface area contributed by atoms with Gasteiger partial charge in [-0.25, -0.2) is 9.48 Å².